The van der Waals surface area contributed by atoms with E-state index in [0.717, 1.165) is 29.8 Å². The largest absolute Gasteiger partial charge is 0.478 e. The molecule has 0 fully saturated rings. The fourth-order valence-electron chi connectivity index (χ4n) is 2.12. The third-order valence-corrected chi connectivity index (χ3v) is 3.73. The van der Waals surface area contributed by atoms with E-state index >= 15 is 0 Å². The Morgan fingerprint density at radius 3 is 2.68 bits per heavy atom. The summed E-state index contributed by atoms with van der Waals surface area (Å²) in [6, 6.07) is 5.09. The summed E-state index contributed by atoms with van der Waals surface area (Å²) in [6.07, 6.45) is 1.06. The number of benzene rings is 1. The van der Waals surface area contributed by atoms with Gasteiger partial charge in [-0.05, 0) is 37.0 Å². The van der Waals surface area contributed by atoms with E-state index in [1.54, 1.807) is 18.2 Å². The van der Waals surface area contributed by atoms with Crippen LogP contribution in [0.15, 0.2) is 18.2 Å². The minimum absolute atomic E-state index is 0.164. The van der Waals surface area contributed by atoms with Crippen molar-refractivity contribution in [2.45, 2.75) is 40.7 Å². The molecule has 0 bridgehead atoms. The van der Waals surface area contributed by atoms with Crippen LogP contribution in [0.4, 0.5) is 0 Å². The molecule has 0 amide bonds. The first kappa shape index (κ1) is 13.6. The number of nitrogens with zero attached hydrogens (tertiary/aromatic N) is 2. The van der Waals surface area contributed by atoms with Crippen LogP contribution >= 0.6 is 0 Å². The van der Waals surface area contributed by atoms with Gasteiger partial charge in [-0.15, -0.1) is 0 Å². The minimum Gasteiger partial charge on any atom is -0.478 e. The van der Waals surface area contributed by atoms with E-state index < -0.39 is 5.97 Å². The highest BCUT2D eigenvalue weighted by Crippen LogP contribution is 2.26. The minimum atomic E-state index is -0.901. The lowest BCUT2D eigenvalue weighted by molar-refractivity contribution is 0.0697. The van der Waals surface area contributed by atoms with Crippen LogP contribution in [0.25, 0.3) is 11.0 Å². The van der Waals surface area contributed by atoms with Crippen molar-refractivity contribution in [3.63, 3.8) is 0 Å². The van der Waals surface area contributed by atoms with Crippen LogP contribution in [0.3, 0.4) is 0 Å². The second kappa shape index (κ2) is 4.68. The molecule has 0 aliphatic rings. The molecule has 0 unspecified atom stereocenters. The van der Waals surface area contributed by atoms with Gasteiger partial charge < -0.3 is 9.67 Å². The number of imidazole rings is 1. The summed E-state index contributed by atoms with van der Waals surface area (Å²) >= 11 is 0. The molecular weight excluding hydrogens is 240 g/mol. The highest BCUT2D eigenvalue weighted by atomic mass is 16.4. The van der Waals surface area contributed by atoms with E-state index in [2.05, 4.69) is 30.3 Å². The van der Waals surface area contributed by atoms with Gasteiger partial charge in [0.25, 0.3) is 0 Å². The molecule has 0 radical (unpaired) electrons. The van der Waals surface area contributed by atoms with Crippen LogP contribution in [0, 0.1) is 12.3 Å². The lowest BCUT2D eigenvalue weighted by atomic mass is 9.90. The monoisotopic (exact) mass is 260 g/mol. The summed E-state index contributed by atoms with van der Waals surface area (Å²) in [7, 11) is 0. The molecule has 0 saturated carbocycles. The number of hydrogen-bond acceptors (Lipinski definition) is 2. The molecule has 102 valence electrons. The lowest BCUT2D eigenvalue weighted by Gasteiger charge is -2.24. The number of hydrogen-bond donors (Lipinski definition) is 1. The first-order valence-corrected chi connectivity index (χ1v) is 6.54. The number of rotatable bonds is 4. The molecule has 2 aromatic rings. The van der Waals surface area contributed by atoms with Crippen molar-refractivity contribution in [3.05, 3.63) is 29.6 Å². The Balaban J connectivity index is 2.56. The van der Waals surface area contributed by atoms with Gasteiger partial charge in [0.1, 0.15) is 5.82 Å². The van der Waals surface area contributed by atoms with Crippen LogP contribution in [-0.4, -0.2) is 20.6 Å². The van der Waals surface area contributed by atoms with Gasteiger partial charge in [-0.25, -0.2) is 9.78 Å². The molecular formula is C15H20N2O2. The van der Waals surface area contributed by atoms with E-state index in [9.17, 15) is 4.79 Å². The van der Waals surface area contributed by atoms with Crippen LogP contribution in [0.1, 0.15) is 43.4 Å². The SMILES string of the molecule is CCC(C)(C)Cn1c(C)nc2ccc(C(=O)O)cc21. The highest BCUT2D eigenvalue weighted by Gasteiger charge is 2.19. The normalized spacial score (nSPS) is 12.0. The molecule has 4 nitrogen and oxygen atoms in total. The Bertz CT molecular complexity index is 626. The van der Waals surface area contributed by atoms with Gasteiger partial charge >= 0.3 is 5.97 Å². The number of aryl methyl sites for hydroxylation is 1. The summed E-state index contributed by atoms with van der Waals surface area (Å²) < 4.78 is 2.12. The molecule has 2 rings (SSSR count). The Morgan fingerprint density at radius 1 is 1.42 bits per heavy atom. The molecule has 0 aliphatic carbocycles. The predicted molar refractivity (Wildman–Crippen MR) is 75.5 cm³/mol. The van der Waals surface area contributed by atoms with Crippen molar-refractivity contribution in [3.8, 4) is 0 Å². The first-order valence-electron chi connectivity index (χ1n) is 6.54. The van der Waals surface area contributed by atoms with E-state index in [4.69, 9.17) is 5.11 Å². The average molecular weight is 260 g/mol. The molecule has 19 heavy (non-hydrogen) atoms. The molecule has 0 saturated heterocycles. The summed E-state index contributed by atoms with van der Waals surface area (Å²) in [5.41, 5.74) is 2.23. The van der Waals surface area contributed by atoms with Gasteiger partial charge in [-0.3, -0.25) is 0 Å². The van der Waals surface area contributed by atoms with Gasteiger partial charge in [-0.2, -0.15) is 0 Å². The first-order chi connectivity index (χ1) is 8.84. The quantitative estimate of drug-likeness (QED) is 0.915. The topological polar surface area (TPSA) is 55.1 Å². The number of aromatic carboxylic acids is 1. The molecule has 0 aliphatic heterocycles. The number of carboxylic acids is 1. The Morgan fingerprint density at radius 2 is 2.11 bits per heavy atom. The highest BCUT2D eigenvalue weighted by molar-refractivity contribution is 5.92. The van der Waals surface area contributed by atoms with Gasteiger partial charge in [0.2, 0.25) is 0 Å². The van der Waals surface area contributed by atoms with Crippen molar-refractivity contribution in [2.24, 2.45) is 5.41 Å². The molecule has 4 heteroatoms. The maximum absolute atomic E-state index is 11.1. The van der Waals surface area contributed by atoms with Crippen LogP contribution in [-0.2, 0) is 6.54 Å². The summed E-state index contributed by atoms with van der Waals surface area (Å²) in [6.45, 7) is 9.39. The smallest absolute Gasteiger partial charge is 0.335 e. The maximum atomic E-state index is 11.1. The van der Waals surface area contributed by atoms with Gasteiger partial charge in [0.15, 0.2) is 0 Å². The third kappa shape index (κ3) is 2.62. The summed E-state index contributed by atoms with van der Waals surface area (Å²) in [4.78, 5) is 15.6. The van der Waals surface area contributed by atoms with Crippen molar-refractivity contribution >= 4 is 17.0 Å². The van der Waals surface area contributed by atoms with E-state index in [1.807, 2.05) is 6.92 Å². The van der Waals surface area contributed by atoms with Crippen LogP contribution < -0.4 is 0 Å². The van der Waals surface area contributed by atoms with E-state index in [1.165, 1.54) is 0 Å². The van der Waals surface area contributed by atoms with Crippen molar-refractivity contribution < 1.29 is 9.90 Å². The molecule has 1 heterocycles. The van der Waals surface area contributed by atoms with Gasteiger partial charge in [0.05, 0.1) is 16.6 Å². The number of carboxylic acid groups (broad SMARTS) is 1. The van der Waals surface area contributed by atoms with E-state index in [-0.39, 0.29) is 5.41 Å². The second-order valence-corrected chi connectivity index (χ2v) is 5.77. The standard InChI is InChI=1S/C15H20N2O2/c1-5-15(3,4)9-17-10(2)16-12-7-6-11(14(18)19)8-13(12)17/h6-8H,5,9H2,1-4H3,(H,18,19). The molecule has 0 spiro atoms. The molecule has 1 aromatic heterocycles. The molecule has 0 atom stereocenters. The van der Waals surface area contributed by atoms with Crippen molar-refractivity contribution in [1.82, 2.24) is 9.55 Å². The number of fused-ring (bicyclic) bond motifs is 1. The summed E-state index contributed by atoms with van der Waals surface area (Å²) in [5, 5.41) is 9.09. The molecule has 1 N–H and O–H groups in total. The van der Waals surface area contributed by atoms with Crippen LogP contribution in [0.2, 0.25) is 0 Å². The Labute approximate surface area is 113 Å². The van der Waals surface area contributed by atoms with Crippen molar-refractivity contribution in [2.75, 3.05) is 0 Å². The Kier molecular flexibility index (Phi) is 3.35. The second-order valence-electron chi connectivity index (χ2n) is 5.77. The van der Waals surface area contributed by atoms with Gasteiger partial charge in [0, 0.05) is 6.54 Å². The predicted octanol–water partition coefficient (Wildman–Crippen LogP) is 3.48. The maximum Gasteiger partial charge on any atom is 0.335 e. The fraction of sp³-hybridized carbons (Fsp3) is 0.467. The average Bonchev–Trinajstić information content (AvgIpc) is 2.65. The Hall–Kier alpha value is -1.84. The van der Waals surface area contributed by atoms with Gasteiger partial charge in [-0.1, -0.05) is 20.8 Å². The third-order valence-electron chi connectivity index (χ3n) is 3.73. The number of aromatic nitrogens is 2. The number of carbonyl (C=O) groups is 1. The summed E-state index contributed by atoms with van der Waals surface area (Å²) in [5.74, 6) is 0.0288. The van der Waals surface area contributed by atoms with Crippen molar-refractivity contribution in [1.29, 1.82) is 0 Å². The van der Waals surface area contributed by atoms with E-state index in [0.29, 0.717) is 5.56 Å². The zero-order valence-corrected chi connectivity index (χ0v) is 11.9. The zero-order chi connectivity index (χ0) is 14.2. The van der Waals surface area contributed by atoms with Crippen LogP contribution in [0.5, 0.6) is 0 Å². The zero-order valence-electron chi connectivity index (χ0n) is 11.9. The fourth-order valence-corrected chi connectivity index (χ4v) is 2.12. The lowest BCUT2D eigenvalue weighted by Crippen LogP contribution is -2.19. The molecule has 1 aromatic carbocycles.